The molecule has 0 aliphatic carbocycles. The minimum absolute atomic E-state index is 0.00117. The van der Waals surface area contributed by atoms with Crippen LogP contribution in [0.1, 0.15) is 32.1 Å². The van der Waals surface area contributed by atoms with Crippen LogP contribution in [0.15, 0.2) is 42.7 Å². The van der Waals surface area contributed by atoms with E-state index >= 15 is 0 Å². The number of amides is 1. The fraction of sp³-hybridized carbons (Fsp3) is 0.167. The molecule has 3 aromatic rings. The number of nitrogens with one attached hydrogen (secondary N) is 1. The molecule has 0 saturated heterocycles. The molecule has 0 unspecified atom stereocenters. The first-order chi connectivity index (χ1) is 12.5. The normalized spacial score (nSPS) is 10.5. The molecule has 0 bridgehead atoms. The van der Waals surface area contributed by atoms with Gasteiger partial charge in [-0.15, -0.1) is 0 Å². The lowest BCUT2D eigenvalue weighted by Gasteiger charge is -2.08. The molecule has 0 fully saturated rings. The monoisotopic (exact) mass is 351 g/mol. The number of hydrogen-bond donors (Lipinski definition) is 2. The summed E-state index contributed by atoms with van der Waals surface area (Å²) in [5, 5.41) is 15.9. The van der Waals surface area contributed by atoms with Gasteiger partial charge in [0.25, 0.3) is 5.91 Å². The summed E-state index contributed by atoms with van der Waals surface area (Å²) in [6.45, 7) is 1.73. The van der Waals surface area contributed by atoms with Crippen molar-refractivity contribution in [2.45, 2.75) is 13.5 Å². The lowest BCUT2D eigenvalue weighted by molar-refractivity contribution is 0.0694. The van der Waals surface area contributed by atoms with E-state index in [1.54, 1.807) is 14.0 Å². The van der Waals surface area contributed by atoms with Gasteiger partial charge in [-0.2, -0.15) is 5.10 Å². The fourth-order valence-corrected chi connectivity index (χ4v) is 2.52. The molecular weight excluding hydrogens is 334 g/mol. The van der Waals surface area contributed by atoms with E-state index in [0.29, 0.717) is 17.1 Å². The van der Waals surface area contributed by atoms with Gasteiger partial charge in [0.15, 0.2) is 5.82 Å². The van der Waals surface area contributed by atoms with Crippen molar-refractivity contribution in [3.05, 3.63) is 65.2 Å². The molecule has 3 rings (SSSR count). The molecule has 2 aromatic heterocycles. The SMILES string of the molecule is Cc1nc(-c2ccccc2)ncc1C(=O)NCc1nn(C)cc1C(=O)O. The van der Waals surface area contributed by atoms with Gasteiger partial charge < -0.3 is 10.4 Å². The summed E-state index contributed by atoms with van der Waals surface area (Å²) >= 11 is 0. The second kappa shape index (κ2) is 7.14. The lowest BCUT2D eigenvalue weighted by Crippen LogP contribution is -2.25. The number of aromatic carboxylic acids is 1. The largest absolute Gasteiger partial charge is 0.478 e. The maximum Gasteiger partial charge on any atom is 0.339 e. The number of rotatable bonds is 5. The summed E-state index contributed by atoms with van der Waals surface area (Å²) in [6, 6.07) is 9.47. The number of nitrogens with zero attached hydrogens (tertiary/aromatic N) is 4. The third-order valence-corrected chi connectivity index (χ3v) is 3.81. The highest BCUT2D eigenvalue weighted by atomic mass is 16.4. The highest BCUT2D eigenvalue weighted by Gasteiger charge is 2.17. The number of carbonyl (C=O) groups is 2. The second-order valence-corrected chi connectivity index (χ2v) is 5.71. The number of benzene rings is 1. The van der Waals surface area contributed by atoms with Crippen molar-refractivity contribution in [1.29, 1.82) is 0 Å². The van der Waals surface area contributed by atoms with Crippen LogP contribution in [-0.2, 0) is 13.6 Å². The first kappa shape index (κ1) is 17.3. The number of carboxylic acids is 1. The minimum Gasteiger partial charge on any atom is -0.478 e. The Balaban J connectivity index is 1.75. The van der Waals surface area contributed by atoms with E-state index in [-0.39, 0.29) is 23.7 Å². The molecule has 0 aliphatic heterocycles. The lowest BCUT2D eigenvalue weighted by atomic mass is 10.2. The van der Waals surface area contributed by atoms with Gasteiger partial charge in [-0.25, -0.2) is 14.8 Å². The number of aromatic nitrogens is 4. The molecule has 1 amide bonds. The van der Waals surface area contributed by atoms with Crippen molar-refractivity contribution in [2.75, 3.05) is 0 Å². The molecular formula is C18H17N5O3. The average molecular weight is 351 g/mol. The van der Waals surface area contributed by atoms with Crippen molar-refractivity contribution >= 4 is 11.9 Å². The van der Waals surface area contributed by atoms with Crippen molar-refractivity contribution in [3.8, 4) is 11.4 Å². The third kappa shape index (κ3) is 3.59. The van der Waals surface area contributed by atoms with Gasteiger partial charge in [0, 0.05) is 25.0 Å². The standard InChI is InChI=1S/C18H17N5O3/c1-11-13(8-19-16(21-11)12-6-4-3-5-7-12)17(24)20-9-15-14(18(25)26)10-23(2)22-15/h3-8,10H,9H2,1-2H3,(H,20,24)(H,25,26). The van der Waals surface area contributed by atoms with Gasteiger partial charge in [0.2, 0.25) is 0 Å². The molecule has 0 atom stereocenters. The van der Waals surface area contributed by atoms with Crippen LogP contribution >= 0.6 is 0 Å². The molecule has 2 heterocycles. The zero-order chi connectivity index (χ0) is 18.7. The molecule has 0 saturated carbocycles. The van der Waals surface area contributed by atoms with Crippen molar-refractivity contribution in [2.24, 2.45) is 7.05 Å². The van der Waals surface area contributed by atoms with Crippen LogP contribution < -0.4 is 5.32 Å². The Morgan fingerprint density at radius 2 is 1.92 bits per heavy atom. The minimum atomic E-state index is -1.09. The maximum absolute atomic E-state index is 12.4. The predicted octanol–water partition coefficient (Wildman–Crippen LogP) is 1.81. The summed E-state index contributed by atoms with van der Waals surface area (Å²) in [5.41, 5.74) is 2.07. The smallest absolute Gasteiger partial charge is 0.339 e. The van der Waals surface area contributed by atoms with Gasteiger partial charge in [0.1, 0.15) is 5.56 Å². The van der Waals surface area contributed by atoms with Crippen molar-refractivity contribution < 1.29 is 14.7 Å². The highest BCUT2D eigenvalue weighted by Crippen LogP contribution is 2.16. The summed E-state index contributed by atoms with van der Waals surface area (Å²) < 4.78 is 1.40. The molecule has 132 valence electrons. The van der Waals surface area contributed by atoms with Gasteiger partial charge in [-0.3, -0.25) is 9.48 Å². The number of carboxylic acid groups (broad SMARTS) is 1. The third-order valence-electron chi connectivity index (χ3n) is 3.81. The summed E-state index contributed by atoms with van der Waals surface area (Å²) in [4.78, 5) is 32.2. The van der Waals surface area contributed by atoms with Gasteiger partial charge in [-0.05, 0) is 6.92 Å². The van der Waals surface area contributed by atoms with Crippen LogP contribution in [0, 0.1) is 6.92 Å². The van der Waals surface area contributed by atoms with Crippen LogP contribution in [-0.4, -0.2) is 36.7 Å². The number of carbonyl (C=O) groups excluding carboxylic acids is 1. The molecule has 1 aromatic carbocycles. The second-order valence-electron chi connectivity index (χ2n) is 5.71. The Labute approximate surface area is 149 Å². The Bertz CT molecular complexity index is 966. The molecule has 0 aliphatic rings. The zero-order valence-corrected chi connectivity index (χ0v) is 14.3. The average Bonchev–Trinajstić information content (AvgIpc) is 3.01. The molecule has 0 spiro atoms. The molecule has 26 heavy (non-hydrogen) atoms. The summed E-state index contributed by atoms with van der Waals surface area (Å²) in [7, 11) is 1.62. The van der Waals surface area contributed by atoms with E-state index in [1.165, 1.54) is 17.1 Å². The molecule has 8 heteroatoms. The summed E-state index contributed by atoms with van der Waals surface area (Å²) in [5.74, 6) is -0.935. The Morgan fingerprint density at radius 1 is 1.19 bits per heavy atom. The fourth-order valence-electron chi connectivity index (χ4n) is 2.52. The molecule has 8 nitrogen and oxygen atoms in total. The van der Waals surface area contributed by atoms with E-state index in [0.717, 1.165) is 5.56 Å². The van der Waals surface area contributed by atoms with Crippen LogP contribution in [0.25, 0.3) is 11.4 Å². The van der Waals surface area contributed by atoms with Crippen LogP contribution in [0.5, 0.6) is 0 Å². The number of aryl methyl sites for hydroxylation is 2. The Morgan fingerprint density at radius 3 is 2.58 bits per heavy atom. The Kier molecular flexibility index (Phi) is 4.74. The molecule has 2 N–H and O–H groups in total. The van der Waals surface area contributed by atoms with Crippen molar-refractivity contribution in [1.82, 2.24) is 25.1 Å². The van der Waals surface area contributed by atoms with Gasteiger partial charge in [0.05, 0.1) is 23.5 Å². The first-order valence-corrected chi connectivity index (χ1v) is 7.89. The topological polar surface area (TPSA) is 110 Å². The highest BCUT2D eigenvalue weighted by molar-refractivity contribution is 5.95. The summed E-state index contributed by atoms with van der Waals surface area (Å²) in [6.07, 6.45) is 2.86. The van der Waals surface area contributed by atoms with E-state index in [4.69, 9.17) is 5.11 Å². The van der Waals surface area contributed by atoms with Crippen LogP contribution in [0.3, 0.4) is 0 Å². The van der Waals surface area contributed by atoms with E-state index in [1.807, 2.05) is 30.3 Å². The van der Waals surface area contributed by atoms with E-state index in [2.05, 4.69) is 20.4 Å². The van der Waals surface area contributed by atoms with Gasteiger partial charge in [-0.1, -0.05) is 30.3 Å². The zero-order valence-electron chi connectivity index (χ0n) is 14.3. The quantitative estimate of drug-likeness (QED) is 0.725. The van der Waals surface area contributed by atoms with E-state index < -0.39 is 5.97 Å². The van der Waals surface area contributed by atoms with Crippen LogP contribution in [0.4, 0.5) is 0 Å². The number of hydrogen-bond acceptors (Lipinski definition) is 5. The van der Waals surface area contributed by atoms with Gasteiger partial charge >= 0.3 is 5.97 Å². The van der Waals surface area contributed by atoms with E-state index in [9.17, 15) is 9.59 Å². The molecule has 0 radical (unpaired) electrons. The van der Waals surface area contributed by atoms with Crippen LogP contribution in [0.2, 0.25) is 0 Å². The van der Waals surface area contributed by atoms with Crippen molar-refractivity contribution in [3.63, 3.8) is 0 Å². The maximum atomic E-state index is 12.4. The first-order valence-electron chi connectivity index (χ1n) is 7.89. The predicted molar refractivity (Wildman–Crippen MR) is 93.5 cm³/mol. The Hall–Kier alpha value is -3.55.